The molecule has 1 aliphatic carbocycles. The van der Waals surface area contributed by atoms with Crippen LogP contribution in [0.25, 0.3) is 10.9 Å². The predicted molar refractivity (Wildman–Crippen MR) is 106 cm³/mol. The molecule has 0 radical (unpaired) electrons. The molecule has 5 rings (SSSR count). The van der Waals surface area contributed by atoms with Crippen LogP contribution in [0.3, 0.4) is 0 Å². The number of aromatic nitrogens is 5. The van der Waals surface area contributed by atoms with Crippen LogP contribution in [0.15, 0.2) is 42.7 Å². The number of hydrogen-bond donors (Lipinski definition) is 4. The van der Waals surface area contributed by atoms with Crippen molar-refractivity contribution in [3.05, 3.63) is 59.5 Å². The maximum Gasteiger partial charge on any atom is 0.221 e. The minimum atomic E-state index is -0.776. The highest BCUT2D eigenvalue weighted by atomic mass is 19.1. The van der Waals surface area contributed by atoms with Crippen LogP contribution in [0.2, 0.25) is 0 Å². The average molecular weight is 377 g/mol. The Bertz CT molecular complexity index is 1150. The summed E-state index contributed by atoms with van der Waals surface area (Å²) in [5.41, 5.74) is 9.76. The van der Waals surface area contributed by atoms with E-state index in [1.165, 1.54) is 0 Å². The van der Waals surface area contributed by atoms with Gasteiger partial charge in [-0.05, 0) is 35.6 Å². The standard InChI is InChI=1S/C20H20FN7/c1-10(11-2-3-16-12(6-11)4-5-23-16)14-9-24-20(22)26-19(14)25-18-8-17(27-28-18)13-7-15(13)21/h2-6,8-10,13,15,23H,7H2,1H3,(H4,22,24,25,26,27,28)/t10-,13-,15+/m0/s1. The van der Waals surface area contributed by atoms with Gasteiger partial charge in [-0.3, -0.25) is 5.10 Å². The molecule has 1 saturated carbocycles. The molecule has 0 amide bonds. The quantitative estimate of drug-likeness (QED) is 0.421. The lowest BCUT2D eigenvalue weighted by Crippen LogP contribution is -2.07. The van der Waals surface area contributed by atoms with Gasteiger partial charge in [-0.1, -0.05) is 13.0 Å². The first-order valence-electron chi connectivity index (χ1n) is 9.24. The zero-order valence-electron chi connectivity index (χ0n) is 15.3. The molecule has 4 aromatic rings. The molecule has 142 valence electrons. The Kier molecular flexibility index (Phi) is 3.78. The molecule has 3 aromatic heterocycles. The number of alkyl halides is 1. The zero-order valence-corrected chi connectivity index (χ0v) is 15.3. The molecule has 0 unspecified atom stereocenters. The lowest BCUT2D eigenvalue weighted by molar-refractivity contribution is 0.466. The molecule has 1 aliphatic rings. The summed E-state index contributed by atoms with van der Waals surface area (Å²) in [6, 6.07) is 10.2. The SMILES string of the molecule is C[C@@H](c1ccc2[nH]ccc2c1)c1cnc(N)nc1Nc1cc([C@H]2C[C@H]2F)[nH]n1. The van der Waals surface area contributed by atoms with Crippen molar-refractivity contribution in [2.45, 2.75) is 31.4 Å². The molecule has 8 heteroatoms. The van der Waals surface area contributed by atoms with Crippen LogP contribution in [0.5, 0.6) is 0 Å². The summed E-state index contributed by atoms with van der Waals surface area (Å²) >= 11 is 0. The highest BCUT2D eigenvalue weighted by Gasteiger charge is 2.40. The fraction of sp³-hybridized carbons (Fsp3) is 0.250. The van der Waals surface area contributed by atoms with E-state index in [4.69, 9.17) is 5.73 Å². The molecule has 5 N–H and O–H groups in total. The molecule has 0 saturated heterocycles. The van der Waals surface area contributed by atoms with E-state index in [0.717, 1.165) is 27.7 Å². The van der Waals surface area contributed by atoms with Crippen molar-refractivity contribution >= 4 is 28.5 Å². The highest BCUT2D eigenvalue weighted by Crippen LogP contribution is 2.43. The summed E-state index contributed by atoms with van der Waals surface area (Å²) in [6.45, 7) is 2.10. The van der Waals surface area contributed by atoms with Gasteiger partial charge in [0.05, 0.1) is 0 Å². The summed E-state index contributed by atoms with van der Waals surface area (Å²) in [5, 5.41) is 11.5. The Morgan fingerprint density at radius 2 is 2.14 bits per heavy atom. The molecule has 1 fully saturated rings. The first kappa shape index (κ1) is 16.7. The van der Waals surface area contributed by atoms with Gasteiger partial charge in [-0.2, -0.15) is 10.1 Å². The monoisotopic (exact) mass is 377 g/mol. The van der Waals surface area contributed by atoms with Crippen LogP contribution in [0, 0.1) is 0 Å². The maximum absolute atomic E-state index is 13.3. The number of fused-ring (bicyclic) bond motifs is 1. The minimum Gasteiger partial charge on any atom is -0.368 e. The van der Waals surface area contributed by atoms with Crippen LogP contribution in [0.1, 0.15) is 42.0 Å². The van der Waals surface area contributed by atoms with E-state index in [-0.39, 0.29) is 17.8 Å². The predicted octanol–water partition coefficient (Wildman–Crippen LogP) is 3.98. The molecule has 0 spiro atoms. The molecule has 1 aromatic carbocycles. The van der Waals surface area contributed by atoms with Crippen molar-refractivity contribution in [3.63, 3.8) is 0 Å². The lowest BCUT2D eigenvalue weighted by Gasteiger charge is -2.16. The van der Waals surface area contributed by atoms with Gasteiger partial charge in [0, 0.05) is 47.1 Å². The normalized spacial score (nSPS) is 19.6. The van der Waals surface area contributed by atoms with Crippen LogP contribution >= 0.6 is 0 Å². The third-order valence-corrected chi connectivity index (χ3v) is 5.34. The van der Waals surface area contributed by atoms with Gasteiger partial charge in [-0.25, -0.2) is 9.37 Å². The van der Waals surface area contributed by atoms with Crippen molar-refractivity contribution < 1.29 is 4.39 Å². The number of nitrogens with zero attached hydrogens (tertiary/aromatic N) is 3. The van der Waals surface area contributed by atoms with Crippen molar-refractivity contribution in [1.82, 2.24) is 25.1 Å². The number of nitrogen functional groups attached to an aromatic ring is 1. The van der Waals surface area contributed by atoms with Crippen molar-refractivity contribution in [2.75, 3.05) is 11.1 Å². The molecule has 3 heterocycles. The number of nitrogens with one attached hydrogen (secondary N) is 3. The maximum atomic E-state index is 13.3. The second-order valence-electron chi connectivity index (χ2n) is 7.27. The summed E-state index contributed by atoms with van der Waals surface area (Å²) in [7, 11) is 0. The van der Waals surface area contributed by atoms with Gasteiger partial charge in [0.25, 0.3) is 0 Å². The number of anilines is 3. The Morgan fingerprint density at radius 3 is 2.96 bits per heavy atom. The van der Waals surface area contributed by atoms with Crippen LogP contribution in [0.4, 0.5) is 22.0 Å². The first-order valence-corrected chi connectivity index (χ1v) is 9.24. The van der Waals surface area contributed by atoms with Crippen LogP contribution < -0.4 is 11.1 Å². The largest absolute Gasteiger partial charge is 0.368 e. The third kappa shape index (κ3) is 2.96. The fourth-order valence-corrected chi connectivity index (χ4v) is 3.54. The Morgan fingerprint density at radius 1 is 1.29 bits per heavy atom. The first-order chi connectivity index (χ1) is 13.6. The molecular weight excluding hydrogens is 357 g/mol. The third-order valence-electron chi connectivity index (χ3n) is 5.34. The molecule has 0 bridgehead atoms. The fourth-order valence-electron chi connectivity index (χ4n) is 3.54. The molecule has 7 nitrogen and oxygen atoms in total. The van der Waals surface area contributed by atoms with Gasteiger partial charge in [-0.15, -0.1) is 0 Å². The average Bonchev–Trinajstić information content (AvgIpc) is 3.09. The van der Waals surface area contributed by atoms with E-state index in [2.05, 4.69) is 55.6 Å². The number of rotatable bonds is 5. The van der Waals surface area contributed by atoms with E-state index >= 15 is 0 Å². The smallest absolute Gasteiger partial charge is 0.221 e. The second kappa shape index (κ2) is 6.33. The van der Waals surface area contributed by atoms with E-state index in [1.54, 1.807) is 6.20 Å². The molecule has 0 aliphatic heterocycles. The number of nitrogens with two attached hydrogens (primary N) is 1. The summed E-state index contributed by atoms with van der Waals surface area (Å²) < 4.78 is 13.3. The van der Waals surface area contributed by atoms with E-state index < -0.39 is 6.17 Å². The number of aromatic amines is 2. The van der Waals surface area contributed by atoms with Crippen molar-refractivity contribution in [3.8, 4) is 0 Å². The zero-order chi connectivity index (χ0) is 19.3. The number of benzene rings is 1. The van der Waals surface area contributed by atoms with Gasteiger partial charge in [0.15, 0.2) is 5.82 Å². The molecular formula is C20H20FN7. The summed E-state index contributed by atoms with van der Waals surface area (Å²) in [5.74, 6) is 1.33. The Balaban J connectivity index is 1.46. The second-order valence-corrected chi connectivity index (χ2v) is 7.27. The van der Waals surface area contributed by atoms with Gasteiger partial charge < -0.3 is 16.0 Å². The van der Waals surface area contributed by atoms with Crippen LogP contribution in [-0.4, -0.2) is 31.3 Å². The number of hydrogen-bond acceptors (Lipinski definition) is 5. The Labute approximate surface area is 160 Å². The van der Waals surface area contributed by atoms with Gasteiger partial charge in [0.1, 0.15) is 12.0 Å². The van der Waals surface area contributed by atoms with Gasteiger partial charge >= 0.3 is 0 Å². The molecule has 3 atom stereocenters. The van der Waals surface area contributed by atoms with E-state index in [0.29, 0.717) is 18.1 Å². The summed E-state index contributed by atoms with van der Waals surface area (Å²) in [4.78, 5) is 11.8. The van der Waals surface area contributed by atoms with Crippen LogP contribution in [-0.2, 0) is 0 Å². The van der Waals surface area contributed by atoms with E-state index in [9.17, 15) is 4.39 Å². The van der Waals surface area contributed by atoms with Crippen molar-refractivity contribution in [2.24, 2.45) is 0 Å². The number of halogens is 1. The topological polar surface area (TPSA) is 108 Å². The molecule has 28 heavy (non-hydrogen) atoms. The lowest BCUT2D eigenvalue weighted by atomic mass is 9.93. The number of H-pyrrole nitrogens is 2. The highest BCUT2D eigenvalue weighted by molar-refractivity contribution is 5.80. The minimum absolute atomic E-state index is 0.0412. The Hall–Kier alpha value is -3.42. The summed E-state index contributed by atoms with van der Waals surface area (Å²) in [6.07, 6.45) is 3.44. The van der Waals surface area contributed by atoms with E-state index in [1.807, 2.05) is 18.3 Å². The van der Waals surface area contributed by atoms with Crippen molar-refractivity contribution in [1.29, 1.82) is 0 Å². The van der Waals surface area contributed by atoms with Gasteiger partial charge in [0.2, 0.25) is 5.95 Å².